The van der Waals surface area contributed by atoms with E-state index in [1.54, 1.807) is 25.1 Å². The van der Waals surface area contributed by atoms with E-state index in [1.165, 1.54) is 34.8 Å². The average molecular weight is 661 g/mol. The number of piperazine rings is 1. The molecule has 246 valence electrons. The largest absolute Gasteiger partial charge is 0.483 e. The van der Waals surface area contributed by atoms with Crippen LogP contribution in [0, 0.1) is 23.6 Å². The van der Waals surface area contributed by atoms with Crippen molar-refractivity contribution in [3.63, 3.8) is 0 Å². The number of aromatic nitrogens is 3. The van der Waals surface area contributed by atoms with Gasteiger partial charge < -0.3 is 35.4 Å². The summed E-state index contributed by atoms with van der Waals surface area (Å²) in [5, 5.41) is 9.71. The van der Waals surface area contributed by atoms with Crippen LogP contribution in [0.15, 0.2) is 30.5 Å². The number of pyridine rings is 1. The van der Waals surface area contributed by atoms with Gasteiger partial charge in [-0.3, -0.25) is 19.2 Å². The minimum atomic E-state index is -0.904. The lowest BCUT2D eigenvalue weighted by Crippen LogP contribution is -2.53. The molecule has 1 saturated heterocycles. The van der Waals surface area contributed by atoms with E-state index < -0.39 is 17.7 Å². The second-order valence-electron chi connectivity index (χ2n) is 11.2. The average Bonchev–Trinajstić information content (AvgIpc) is 3.38. The first-order valence-electron chi connectivity index (χ1n) is 14.4. The van der Waals surface area contributed by atoms with Crippen molar-refractivity contribution in [2.45, 2.75) is 12.8 Å². The highest BCUT2D eigenvalue weighted by atomic mass is 35.5. The van der Waals surface area contributed by atoms with E-state index in [-0.39, 0.29) is 57.7 Å². The molecule has 2 aromatic heterocycles. The summed E-state index contributed by atoms with van der Waals surface area (Å²) in [6, 6.07) is 5.54. The minimum absolute atomic E-state index is 0.0288. The lowest BCUT2D eigenvalue weighted by molar-refractivity contribution is -0.141. The van der Waals surface area contributed by atoms with Crippen molar-refractivity contribution in [3.8, 4) is 11.3 Å². The Morgan fingerprint density at radius 3 is 2.35 bits per heavy atom. The summed E-state index contributed by atoms with van der Waals surface area (Å²) in [4.78, 5) is 59.9. The Kier molecular flexibility index (Phi) is 10.9. The molecule has 3 aromatic rings. The van der Waals surface area contributed by atoms with Crippen LogP contribution in [0.4, 0.5) is 20.3 Å². The van der Waals surface area contributed by atoms with Gasteiger partial charge in [-0.25, -0.2) is 9.37 Å². The minimum Gasteiger partial charge on any atom is -0.483 e. The van der Waals surface area contributed by atoms with Crippen LogP contribution in [0.5, 0.6) is 0 Å². The zero-order chi connectivity index (χ0) is 33.7. The lowest BCUT2D eigenvalue weighted by atomic mass is 9.74. The maximum absolute atomic E-state index is 14.7. The van der Waals surface area contributed by atoms with Gasteiger partial charge in [0.05, 0.1) is 28.0 Å². The van der Waals surface area contributed by atoms with Crippen molar-refractivity contribution in [1.82, 2.24) is 24.3 Å². The number of hydrogen-bond acceptors (Lipinski definition) is 8. The maximum Gasteiger partial charge on any atom is 0.291 e. The van der Waals surface area contributed by atoms with Crippen LogP contribution in [0.3, 0.4) is 0 Å². The lowest BCUT2D eigenvalue weighted by Gasteiger charge is -2.40. The Morgan fingerprint density at radius 2 is 1.76 bits per heavy atom. The number of carbonyl (C=O) groups excluding carboxylic acids is 3. The summed E-state index contributed by atoms with van der Waals surface area (Å²) >= 11 is 6.45. The number of carboxylic acid groups (broad SMARTS) is 1. The number of carbonyl (C=O) groups is 4. The Hall–Kier alpha value is -4.63. The number of nitrogens with zero attached hydrogens (tertiary/aromatic N) is 6. The van der Waals surface area contributed by atoms with E-state index in [4.69, 9.17) is 27.2 Å². The van der Waals surface area contributed by atoms with Gasteiger partial charge in [0.15, 0.2) is 17.5 Å². The molecule has 0 spiro atoms. The molecular formula is C30H35ClF2N8O5. The zero-order valence-electron chi connectivity index (χ0n) is 25.5. The van der Waals surface area contributed by atoms with Crippen LogP contribution in [0.25, 0.3) is 11.3 Å². The van der Waals surface area contributed by atoms with Gasteiger partial charge in [-0.15, -0.1) is 0 Å². The van der Waals surface area contributed by atoms with Gasteiger partial charge in [-0.05, 0) is 49.6 Å². The first-order chi connectivity index (χ1) is 21.9. The predicted octanol–water partition coefficient (Wildman–Crippen LogP) is 2.70. The topological polar surface area (TPSA) is 167 Å². The van der Waals surface area contributed by atoms with Crippen LogP contribution >= 0.6 is 11.6 Å². The number of imidazole rings is 1. The summed E-state index contributed by atoms with van der Waals surface area (Å²) < 4.78 is 30.5. The van der Waals surface area contributed by atoms with Crippen molar-refractivity contribution < 1.29 is 33.1 Å². The summed E-state index contributed by atoms with van der Waals surface area (Å²) in [7, 11) is 4.59. The van der Waals surface area contributed by atoms with Crippen molar-refractivity contribution in [1.29, 1.82) is 0 Å². The predicted molar refractivity (Wildman–Crippen MR) is 167 cm³/mol. The van der Waals surface area contributed by atoms with Crippen LogP contribution in [-0.2, 0) is 16.6 Å². The molecule has 3 amide bonds. The molecule has 1 aliphatic heterocycles. The summed E-state index contributed by atoms with van der Waals surface area (Å²) in [6.45, 7) is 2.06. The van der Waals surface area contributed by atoms with E-state index in [2.05, 4.69) is 15.3 Å². The zero-order valence-corrected chi connectivity index (χ0v) is 26.3. The van der Waals surface area contributed by atoms with Crippen LogP contribution in [0.2, 0.25) is 5.02 Å². The van der Waals surface area contributed by atoms with Crippen LogP contribution < -0.4 is 16.0 Å². The number of nitrogens with one attached hydrogen (secondary N) is 1. The first-order valence-corrected chi connectivity index (χ1v) is 14.8. The fourth-order valence-electron chi connectivity index (χ4n) is 5.46. The van der Waals surface area contributed by atoms with E-state index in [0.717, 1.165) is 18.9 Å². The van der Waals surface area contributed by atoms with Gasteiger partial charge in [0, 0.05) is 58.9 Å². The number of hydrogen-bond donors (Lipinski definition) is 3. The molecule has 0 atom stereocenters. The second kappa shape index (κ2) is 14.6. The van der Waals surface area contributed by atoms with Gasteiger partial charge in [0.25, 0.3) is 18.3 Å². The Balaban J connectivity index is 0.00000154. The highest BCUT2D eigenvalue weighted by molar-refractivity contribution is 6.34. The molecule has 1 saturated carbocycles. The Morgan fingerprint density at radius 1 is 1.13 bits per heavy atom. The molecule has 16 heteroatoms. The van der Waals surface area contributed by atoms with E-state index >= 15 is 0 Å². The van der Waals surface area contributed by atoms with Crippen molar-refractivity contribution in [3.05, 3.63) is 58.6 Å². The van der Waals surface area contributed by atoms with Gasteiger partial charge in [-0.1, -0.05) is 11.6 Å². The maximum atomic E-state index is 14.7. The smallest absolute Gasteiger partial charge is 0.291 e. The van der Waals surface area contributed by atoms with Crippen molar-refractivity contribution in [2.24, 2.45) is 24.6 Å². The third-order valence-electron chi connectivity index (χ3n) is 8.06. The van der Waals surface area contributed by atoms with Crippen molar-refractivity contribution >= 4 is 47.3 Å². The number of halogens is 3. The molecule has 13 nitrogen and oxygen atoms in total. The number of anilines is 2. The number of nitrogens with two attached hydrogens (primary N) is 1. The van der Waals surface area contributed by atoms with E-state index in [9.17, 15) is 23.2 Å². The molecular weight excluding hydrogens is 626 g/mol. The van der Waals surface area contributed by atoms with Crippen molar-refractivity contribution in [2.75, 3.05) is 57.0 Å². The summed E-state index contributed by atoms with van der Waals surface area (Å²) in [5.41, 5.74) is 6.28. The first kappa shape index (κ1) is 34.2. The molecule has 0 bridgehead atoms. The molecule has 2 fully saturated rings. The molecule has 1 aromatic carbocycles. The third-order valence-corrected chi connectivity index (χ3v) is 8.37. The van der Waals surface area contributed by atoms with E-state index in [1.807, 2.05) is 4.90 Å². The summed E-state index contributed by atoms with van der Waals surface area (Å²) in [5.74, 6) is -2.13. The molecule has 4 N–H and O–H groups in total. The third kappa shape index (κ3) is 7.26. The van der Waals surface area contributed by atoms with Gasteiger partial charge in [-0.2, -0.15) is 9.37 Å². The molecule has 0 unspecified atom stereocenters. The number of benzene rings is 1. The number of amides is 3. The monoisotopic (exact) mass is 660 g/mol. The van der Waals surface area contributed by atoms with Gasteiger partial charge in [0.1, 0.15) is 0 Å². The Bertz CT molecular complexity index is 1620. The summed E-state index contributed by atoms with van der Waals surface area (Å²) in [6.07, 6.45) is 2.92. The fraction of sp³-hybridized carbons (Fsp3) is 0.400. The molecule has 0 radical (unpaired) electrons. The van der Waals surface area contributed by atoms with Gasteiger partial charge in [0.2, 0.25) is 11.9 Å². The Labute approximate surface area is 268 Å². The fourth-order valence-corrected chi connectivity index (χ4v) is 5.72. The molecule has 46 heavy (non-hydrogen) atoms. The van der Waals surface area contributed by atoms with Crippen LogP contribution in [-0.4, -0.2) is 100 Å². The molecule has 1 aliphatic carbocycles. The van der Waals surface area contributed by atoms with E-state index in [0.29, 0.717) is 44.3 Å². The van der Waals surface area contributed by atoms with Gasteiger partial charge >= 0.3 is 0 Å². The number of rotatable bonds is 7. The second-order valence-corrected chi connectivity index (χ2v) is 11.6. The van der Waals surface area contributed by atoms with Crippen LogP contribution in [0.1, 0.15) is 33.8 Å². The highest BCUT2D eigenvalue weighted by Gasteiger charge is 2.37. The quantitative estimate of drug-likeness (QED) is 0.255. The SMILES string of the molecule is CN(C)c1nc(F)c(-c2cnc(C(=O)Nc3ccc(C(=O)N4CCN(C(=O)C5CC(CN)C5)CC4)c(Cl)c3)n2C)cc1F.O=CO. The normalized spacial score (nSPS) is 17.4. The molecule has 3 heterocycles. The highest BCUT2D eigenvalue weighted by Crippen LogP contribution is 2.34. The molecule has 5 rings (SSSR count). The molecule has 2 aliphatic rings. The standard InChI is InChI=1S/C29H33ClF2N8O3.CH2O2/c1-37(2)25-22(31)13-20(24(32)36-25)23-15-34-26(38(23)3)27(41)35-18-4-5-19(21(30)12-18)29(43)40-8-6-39(7-9-40)28(42)17-10-16(11-17)14-33;2-1-3/h4-5,12-13,15-17H,6-11,14,33H2,1-3H3,(H,35,41);1H,(H,2,3).